The molecule has 0 unspecified atom stereocenters. The number of aromatic nitrogens is 2. The van der Waals surface area contributed by atoms with E-state index in [9.17, 15) is 4.39 Å². The molecule has 9 heteroatoms. The van der Waals surface area contributed by atoms with Crippen molar-refractivity contribution in [3.63, 3.8) is 0 Å². The summed E-state index contributed by atoms with van der Waals surface area (Å²) in [4.78, 5) is 4.33. The summed E-state index contributed by atoms with van der Waals surface area (Å²) in [5.41, 5.74) is 2.13. The Balaban J connectivity index is 1.34. The molecular formula is C24H22Cl2FN3O2S. The molecule has 0 spiro atoms. The summed E-state index contributed by atoms with van der Waals surface area (Å²) in [6.07, 6.45) is 3.46. The van der Waals surface area contributed by atoms with Crippen LogP contribution in [0.25, 0.3) is 16.0 Å². The lowest BCUT2D eigenvalue weighted by Gasteiger charge is -2.25. The first-order valence-corrected chi connectivity index (χ1v) is 12.4. The number of hydrogen-bond acceptors (Lipinski definition) is 5. The highest BCUT2D eigenvalue weighted by atomic mass is 35.5. The third kappa shape index (κ3) is 4.68. The summed E-state index contributed by atoms with van der Waals surface area (Å²) in [6, 6.07) is 10.6. The molecule has 1 aliphatic rings. The van der Waals surface area contributed by atoms with E-state index in [4.69, 9.17) is 32.7 Å². The second-order valence-electron chi connectivity index (χ2n) is 7.98. The number of imidazole rings is 1. The van der Waals surface area contributed by atoms with Crippen LogP contribution in [0.1, 0.15) is 31.4 Å². The van der Waals surface area contributed by atoms with Crippen LogP contribution >= 0.6 is 34.5 Å². The highest BCUT2D eigenvalue weighted by Crippen LogP contribution is 2.37. The summed E-state index contributed by atoms with van der Waals surface area (Å²) in [7, 11) is 0. The summed E-state index contributed by atoms with van der Waals surface area (Å²) >= 11 is 14.0. The number of benzene rings is 2. The molecule has 0 amide bonds. The van der Waals surface area contributed by atoms with Gasteiger partial charge in [0.05, 0.1) is 21.1 Å². The van der Waals surface area contributed by atoms with Crippen LogP contribution in [0, 0.1) is 5.82 Å². The van der Waals surface area contributed by atoms with Crippen molar-refractivity contribution in [2.24, 2.45) is 0 Å². The van der Waals surface area contributed by atoms with Crippen LogP contribution in [-0.2, 0) is 0 Å². The first-order chi connectivity index (χ1) is 16.0. The maximum atomic E-state index is 14.0. The van der Waals surface area contributed by atoms with E-state index in [-0.39, 0.29) is 17.2 Å². The molecule has 0 bridgehead atoms. The highest BCUT2D eigenvalue weighted by molar-refractivity contribution is 7.12. The predicted molar refractivity (Wildman–Crippen MR) is 131 cm³/mol. The molecule has 0 aliphatic carbocycles. The van der Waals surface area contributed by atoms with Gasteiger partial charge >= 0.3 is 0 Å². The largest absolute Gasteiger partial charge is 0.489 e. The van der Waals surface area contributed by atoms with Gasteiger partial charge in [-0.15, -0.1) is 11.3 Å². The molecule has 0 radical (unpaired) electrons. The molecule has 5 rings (SSSR count). The second kappa shape index (κ2) is 9.50. The zero-order chi connectivity index (χ0) is 22.9. The van der Waals surface area contributed by atoms with E-state index in [2.05, 4.69) is 10.3 Å². The quantitative estimate of drug-likeness (QED) is 0.312. The smallest absolute Gasteiger partial charge is 0.144 e. The van der Waals surface area contributed by atoms with Crippen molar-refractivity contribution in [1.82, 2.24) is 14.9 Å². The zero-order valence-electron chi connectivity index (χ0n) is 17.9. The molecule has 5 nitrogen and oxygen atoms in total. The SMILES string of the molecule is C[C@@H](Oc1csc(-n2cnc3cc(Cl)c(F)cc32)c1)c1cccc(OC2CCNCC2)c1Cl. The van der Waals surface area contributed by atoms with Crippen LogP contribution in [-0.4, -0.2) is 28.7 Å². The summed E-state index contributed by atoms with van der Waals surface area (Å²) in [6.45, 7) is 3.86. The molecule has 2 aromatic heterocycles. The number of rotatable bonds is 6. The van der Waals surface area contributed by atoms with Gasteiger partial charge in [0.2, 0.25) is 0 Å². The summed E-state index contributed by atoms with van der Waals surface area (Å²) in [5, 5.41) is 6.74. The van der Waals surface area contributed by atoms with Crippen molar-refractivity contribution in [3.8, 4) is 16.5 Å². The Morgan fingerprint density at radius 2 is 2.03 bits per heavy atom. The summed E-state index contributed by atoms with van der Waals surface area (Å²) in [5.74, 6) is 0.904. The second-order valence-corrected chi connectivity index (χ2v) is 9.65. The maximum Gasteiger partial charge on any atom is 0.144 e. The van der Waals surface area contributed by atoms with Gasteiger partial charge in [-0.3, -0.25) is 4.57 Å². The molecular weight excluding hydrogens is 484 g/mol. The molecule has 3 heterocycles. The fourth-order valence-electron chi connectivity index (χ4n) is 3.97. The van der Waals surface area contributed by atoms with E-state index in [1.165, 1.54) is 23.5 Å². The lowest BCUT2D eigenvalue weighted by atomic mass is 10.1. The average molecular weight is 506 g/mol. The molecule has 33 heavy (non-hydrogen) atoms. The Labute approximate surface area is 205 Å². The van der Waals surface area contributed by atoms with E-state index in [1.807, 2.05) is 41.1 Å². The molecule has 4 aromatic rings. The lowest BCUT2D eigenvalue weighted by molar-refractivity contribution is 0.161. The first-order valence-electron chi connectivity index (χ1n) is 10.7. The van der Waals surface area contributed by atoms with Crippen molar-refractivity contribution >= 4 is 45.6 Å². The van der Waals surface area contributed by atoms with Gasteiger partial charge in [0.1, 0.15) is 40.9 Å². The maximum absolute atomic E-state index is 14.0. The van der Waals surface area contributed by atoms with Gasteiger partial charge in [0, 0.05) is 23.1 Å². The Hall–Kier alpha value is -2.32. The normalized spacial score (nSPS) is 15.6. The molecule has 1 N–H and O–H groups in total. The van der Waals surface area contributed by atoms with Crippen molar-refractivity contribution in [2.45, 2.75) is 32.0 Å². The van der Waals surface area contributed by atoms with Crippen molar-refractivity contribution in [2.75, 3.05) is 13.1 Å². The van der Waals surface area contributed by atoms with Crippen LogP contribution in [0.3, 0.4) is 0 Å². The molecule has 172 valence electrons. The minimum Gasteiger partial charge on any atom is -0.489 e. The average Bonchev–Trinajstić information content (AvgIpc) is 3.43. The number of ether oxygens (including phenoxy) is 2. The third-order valence-electron chi connectivity index (χ3n) is 5.71. The summed E-state index contributed by atoms with van der Waals surface area (Å²) < 4.78 is 28.2. The Kier molecular flexibility index (Phi) is 6.47. The Morgan fingerprint density at radius 3 is 2.85 bits per heavy atom. The first kappa shape index (κ1) is 22.5. The van der Waals surface area contributed by atoms with Gasteiger partial charge in [0.15, 0.2) is 0 Å². The minimum atomic E-state index is -0.478. The fraction of sp³-hybridized carbons (Fsp3) is 0.292. The number of nitrogens with zero attached hydrogens (tertiary/aromatic N) is 2. The molecule has 2 aromatic carbocycles. The van der Waals surface area contributed by atoms with Crippen molar-refractivity contribution < 1.29 is 13.9 Å². The monoisotopic (exact) mass is 505 g/mol. The van der Waals surface area contributed by atoms with Gasteiger partial charge in [-0.05, 0) is 45.0 Å². The van der Waals surface area contributed by atoms with E-state index >= 15 is 0 Å². The number of hydrogen-bond donors (Lipinski definition) is 1. The molecule has 1 saturated heterocycles. The van der Waals surface area contributed by atoms with Crippen LogP contribution in [0.2, 0.25) is 10.0 Å². The molecule has 0 saturated carbocycles. The third-order valence-corrected chi connectivity index (χ3v) is 7.31. The topological polar surface area (TPSA) is 48.3 Å². The van der Waals surface area contributed by atoms with E-state index < -0.39 is 5.82 Å². The van der Waals surface area contributed by atoms with Crippen molar-refractivity contribution in [3.05, 3.63) is 69.5 Å². The fourth-order valence-corrected chi connectivity index (χ4v) is 5.26. The number of fused-ring (bicyclic) bond motifs is 1. The standard InChI is InChI=1S/C24H22Cl2FN3O2S/c1-14(17-3-2-4-22(24(17)26)32-15-5-7-28-8-6-15)31-16-9-23(33-12-16)30-13-29-20-10-18(25)19(27)11-21(20)30/h2-4,9-15,28H,5-8H2,1H3/t14-/m1/s1. The van der Waals surface area contributed by atoms with Gasteiger partial charge in [0.25, 0.3) is 0 Å². The van der Waals surface area contributed by atoms with Crippen LogP contribution in [0.15, 0.2) is 48.1 Å². The zero-order valence-corrected chi connectivity index (χ0v) is 20.2. The van der Waals surface area contributed by atoms with Gasteiger partial charge in [-0.25, -0.2) is 9.37 Å². The minimum absolute atomic E-state index is 0.0556. The molecule has 1 aliphatic heterocycles. The van der Waals surface area contributed by atoms with Crippen LogP contribution < -0.4 is 14.8 Å². The van der Waals surface area contributed by atoms with Gasteiger partial charge < -0.3 is 14.8 Å². The lowest BCUT2D eigenvalue weighted by Crippen LogP contribution is -2.34. The number of halogens is 3. The van der Waals surface area contributed by atoms with Gasteiger partial charge in [-0.2, -0.15) is 0 Å². The van der Waals surface area contributed by atoms with E-state index in [1.54, 1.807) is 6.33 Å². The predicted octanol–water partition coefficient (Wildman–Crippen LogP) is 6.80. The Morgan fingerprint density at radius 1 is 1.21 bits per heavy atom. The number of nitrogens with one attached hydrogen (secondary N) is 1. The number of thiophene rings is 1. The van der Waals surface area contributed by atoms with Crippen LogP contribution in [0.4, 0.5) is 4.39 Å². The molecule has 1 fully saturated rings. The van der Waals surface area contributed by atoms with E-state index in [0.29, 0.717) is 27.6 Å². The molecule has 1 atom stereocenters. The van der Waals surface area contributed by atoms with Crippen molar-refractivity contribution in [1.29, 1.82) is 0 Å². The number of piperidine rings is 1. The van der Waals surface area contributed by atoms with E-state index in [0.717, 1.165) is 36.5 Å². The Bertz CT molecular complexity index is 1290. The highest BCUT2D eigenvalue weighted by Gasteiger charge is 2.20. The van der Waals surface area contributed by atoms with Crippen LogP contribution in [0.5, 0.6) is 11.5 Å². The van der Waals surface area contributed by atoms with Gasteiger partial charge in [-0.1, -0.05) is 35.3 Å².